The molecule has 0 bridgehead atoms. The smallest absolute Gasteiger partial charge is 0.239 e. The largest absolute Gasteiger partial charge is 0.378 e. The first-order valence-corrected chi connectivity index (χ1v) is 9.33. The summed E-state index contributed by atoms with van der Waals surface area (Å²) in [5.41, 5.74) is 0.751. The quantitative estimate of drug-likeness (QED) is 0.860. The number of halogens is 1. The van der Waals surface area contributed by atoms with Crippen LogP contribution in [0.25, 0.3) is 0 Å². The van der Waals surface area contributed by atoms with Gasteiger partial charge in [0.15, 0.2) is 0 Å². The van der Waals surface area contributed by atoms with Crippen molar-refractivity contribution in [2.45, 2.75) is 45.0 Å². The van der Waals surface area contributed by atoms with Crippen molar-refractivity contribution in [2.24, 2.45) is 5.92 Å². The summed E-state index contributed by atoms with van der Waals surface area (Å²) in [5.74, 6) is -1.89. The van der Waals surface area contributed by atoms with E-state index in [0.29, 0.717) is 24.2 Å². The fraction of sp³-hybridized carbons (Fsp3) is 0.562. The highest BCUT2D eigenvalue weighted by Gasteiger charge is 2.25. The van der Waals surface area contributed by atoms with E-state index in [1.807, 2.05) is 0 Å². The maximum Gasteiger partial charge on any atom is 0.239 e. The average molecular weight is 343 g/mol. The van der Waals surface area contributed by atoms with Crippen molar-refractivity contribution in [1.82, 2.24) is 4.72 Å². The molecule has 1 heterocycles. The predicted molar refractivity (Wildman–Crippen MR) is 84.7 cm³/mol. The second-order valence-electron chi connectivity index (χ2n) is 6.08. The fourth-order valence-electron chi connectivity index (χ4n) is 2.57. The monoisotopic (exact) mass is 343 g/mol. The number of aryl methyl sites for hydroxylation is 1. The summed E-state index contributed by atoms with van der Waals surface area (Å²) < 4.78 is 45.1. The van der Waals surface area contributed by atoms with Crippen LogP contribution in [0.4, 0.5) is 4.39 Å². The molecular weight excluding hydrogens is 321 g/mol. The van der Waals surface area contributed by atoms with E-state index in [4.69, 9.17) is 4.74 Å². The van der Waals surface area contributed by atoms with Gasteiger partial charge in [0.05, 0.1) is 11.9 Å². The Bertz CT molecular complexity index is 669. The van der Waals surface area contributed by atoms with Crippen LogP contribution in [-0.2, 0) is 25.3 Å². The number of sulfonamides is 1. The Labute approximate surface area is 136 Å². The molecule has 128 valence electrons. The van der Waals surface area contributed by atoms with Gasteiger partial charge in [-0.1, -0.05) is 19.1 Å². The van der Waals surface area contributed by atoms with Crippen LogP contribution in [0.5, 0.6) is 0 Å². The fourth-order valence-corrected chi connectivity index (χ4v) is 3.77. The molecule has 0 aliphatic carbocycles. The molecular formula is C16H22FNO4S. The van der Waals surface area contributed by atoms with E-state index >= 15 is 0 Å². The van der Waals surface area contributed by atoms with Crippen molar-refractivity contribution in [3.8, 4) is 0 Å². The van der Waals surface area contributed by atoms with Gasteiger partial charge in [0.2, 0.25) is 15.9 Å². The molecule has 1 amide bonds. The maximum atomic E-state index is 13.5. The van der Waals surface area contributed by atoms with Gasteiger partial charge >= 0.3 is 0 Å². The normalized spacial score (nSPS) is 19.5. The third kappa shape index (κ3) is 5.28. The van der Waals surface area contributed by atoms with E-state index in [1.165, 1.54) is 18.2 Å². The number of hydrogen-bond donors (Lipinski definition) is 1. The van der Waals surface area contributed by atoms with Crippen LogP contribution in [0.2, 0.25) is 0 Å². The SMILES string of the molecule is Cc1ccc(CS(=O)(=O)NC(=O)C(C)CC2CCCO2)cc1F. The van der Waals surface area contributed by atoms with E-state index in [2.05, 4.69) is 4.72 Å². The number of carbonyl (C=O) groups is 1. The number of ether oxygens (including phenoxy) is 1. The minimum Gasteiger partial charge on any atom is -0.378 e. The highest BCUT2D eigenvalue weighted by atomic mass is 32.2. The van der Waals surface area contributed by atoms with E-state index < -0.39 is 33.4 Å². The molecule has 0 saturated carbocycles. The van der Waals surface area contributed by atoms with Crippen molar-refractivity contribution in [1.29, 1.82) is 0 Å². The third-order valence-electron chi connectivity index (χ3n) is 3.94. The summed E-state index contributed by atoms with van der Waals surface area (Å²) in [6.45, 7) is 3.97. The lowest BCUT2D eigenvalue weighted by Gasteiger charge is -2.16. The molecule has 0 spiro atoms. The van der Waals surface area contributed by atoms with Crippen molar-refractivity contribution in [2.75, 3.05) is 6.61 Å². The van der Waals surface area contributed by atoms with Crippen molar-refractivity contribution in [3.05, 3.63) is 35.1 Å². The number of carbonyl (C=O) groups excluding carboxylic acids is 1. The summed E-state index contributed by atoms with van der Waals surface area (Å²) in [4.78, 5) is 12.0. The van der Waals surface area contributed by atoms with E-state index in [-0.39, 0.29) is 6.10 Å². The second kappa shape index (κ2) is 7.40. The zero-order valence-corrected chi connectivity index (χ0v) is 14.2. The standard InChI is InChI=1S/C16H22FNO4S/c1-11-5-6-13(9-15(11)17)10-23(20,21)18-16(19)12(2)8-14-4-3-7-22-14/h5-6,9,12,14H,3-4,7-8,10H2,1-2H3,(H,18,19). The molecule has 5 nitrogen and oxygen atoms in total. The minimum absolute atomic E-state index is 0.0182. The molecule has 7 heteroatoms. The summed E-state index contributed by atoms with van der Waals surface area (Å²) >= 11 is 0. The Morgan fingerprint density at radius 3 is 2.83 bits per heavy atom. The molecule has 1 fully saturated rings. The molecule has 2 unspecified atom stereocenters. The van der Waals surface area contributed by atoms with Gasteiger partial charge in [-0.05, 0) is 43.4 Å². The van der Waals surface area contributed by atoms with Gasteiger partial charge in [0, 0.05) is 12.5 Å². The van der Waals surface area contributed by atoms with Gasteiger partial charge in [-0.15, -0.1) is 0 Å². The Morgan fingerprint density at radius 2 is 2.22 bits per heavy atom. The minimum atomic E-state index is -3.85. The van der Waals surface area contributed by atoms with Gasteiger partial charge in [-0.25, -0.2) is 12.8 Å². The summed E-state index contributed by atoms with van der Waals surface area (Å²) in [6.07, 6.45) is 2.38. The average Bonchev–Trinajstić information content (AvgIpc) is 2.95. The molecule has 1 aliphatic rings. The first-order valence-electron chi connectivity index (χ1n) is 7.68. The maximum absolute atomic E-state index is 13.5. The van der Waals surface area contributed by atoms with Crippen LogP contribution in [0, 0.1) is 18.7 Å². The highest BCUT2D eigenvalue weighted by Crippen LogP contribution is 2.20. The van der Waals surface area contributed by atoms with Gasteiger partial charge in [0.1, 0.15) is 5.82 Å². The molecule has 1 N–H and O–H groups in total. The number of nitrogens with one attached hydrogen (secondary N) is 1. The van der Waals surface area contributed by atoms with Crippen molar-refractivity contribution in [3.63, 3.8) is 0 Å². The Balaban J connectivity index is 1.93. The molecule has 2 rings (SSSR count). The number of amides is 1. The van der Waals surface area contributed by atoms with Crippen LogP contribution in [0.15, 0.2) is 18.2 Å². The van der Waals surface area contributed by atoms with Crippen molar-refractivity contribution >= 4 is 15.9 Å². The molecule has 1 aromatic rings. The zero-order chi connectivity index (χ0) is 17.0. The predicted octanol–water partition coefficient (Wildman–Crippen LogP) is 2.29. The lowest BCUT2D eigenvalue weighted by Crippen LogP contribution is -2.36. The molecule has 23 heavy (non-hydrogen) atoms. The Hall–Kier alpha value is -1.47. The molecule has 0 radical (unpaired) electrons. The van der Waals surface area contributed by atoms with Crippen LogP contribution in [-0.4, -0.2) is 27.0 Å². The number of hydrogen-bond acceptors (Lipinski definition) is 4. The van der Waals surface area contributed by atoms with E-state index in [9.17, 15) is 17.6 Å². The van der Waals surface area contributed by atoms with Crippen LogP contribution in [0.3, 0.4) is 0 Å². The van der Waals surface area contributed by atoms with Crippen LogP contribution in [0.1, 0.15) is 37.3 Å². The van der Waals surface area contributed by atoms with Crippen molar-refractivity contribution < 1.29 is 22.3 Å². The molecule has 1 saturated heterocycles. The lowest BCUT2D eigenvalue weighted by atomic mass is 10.0. The van der Waals surface area contributed by atoms with Gasteiger partial charge in [-0.2, -0.15) is 0 Å². The first-order chi connectivity index (χ1) is 10.8. The summed E-state index contributed by atoms with van der Waals surface area (Å²) in [7, 11) is -3.85. The highest BCUT2D eigenvalue weighted by molar-refractivity contribution is 7.89. The summed E-state index contributed by atoms with van der Waals surface area (Å²) in [5, 5.41) is 0. The Kier molecular flexibility index (Phi) is 5.75. The van der Waals surface area contributed by atoms with E-state index in [0.717, 1.165) is 12.8 Å². The van der Waals surface area contributed by atoms with Gasteiger partial charge in [-0.3, -0.25) is 9.52 Å². The Morgan fingerprint density at radius 1 is 1.48 bits per heavy atom. The summed E-state index contributed by atoms with van der Waals surface area (Å²) in [6, 6.07) is 4.23. The first kappa shape index (κ1) is 17.9. The van der Waals surface area contributed by atoms with Crippen LogP contribution < -0.4 is 4.72 Å². The molecule has 1 aliphatic heterocycles. The molecule has 1 aromatic carbocycles. The number of benzene rings is 1. The lowest BCUT2D eigenvalue weighted by molar-refractivity contribution is -0.123. The zero-order valence-electron chi connectivity index (χ0n) is 13.3. The molecule has 2 atom stereocenters. The third-order valence-corrected chi connectivity index (χ3v) is 5.16. The van der Waals surface area contributed by atoms with Gasteiger partial charge in [0.25, 0.3) is 0 Å². The van der Waals surface area contributed by atoms with Crippen LogP contribution >= 0.6 is 0 Å². The second-order valence-corrected chi connectivity index (χ2v) is 7.80. The molecule has 0 aromatic heterocycles. The van der Waals surface area contributed by atoms with Gasteiger partial charge < -0.3 is 4.74 Å². The topological polar surface area (TPSA) is 72.5 Å². The van der Waals surface area contributed by atoms with E-state index in [1.54, 1.807) is 13.8 Å². The number of rotatable bonds is 6.